The second-order valence-electron chi connectivity index (χ2n) is 2.60. The van der Waals surface area contributed by atoms with Crippen molar-refractivity contribution < 1.29 is 0 Å². The molecule has 0 saturated heterocycles. The smallest absolute Gasteiger partial charge is 0.182 e. The molecule has 0 unspecified atom stereocenters. The average Bonchev–Trinajstić information content (AvgIpc) is 2.71. The van der Waals surface area contributed by atoms with Gasteiger partial charge in [-0.1, -0.05) is 6.92 Å². The first kappa shape index (κ1) is 9.14. The lowest BCUT2D eigenvalue weighted by molar-refractivity contribution is 0.946. The Balaban J connectivity index is 2.35. The van der Waals surface area contributed by atoms with Crippen LogP contribution in [-0.4, -0.2) is 15.2 Å². The minimum atomic E-state index is 0.802. The van der Waals surface area contributed by atoms with Crippen LogP contribution in [0.4, 0.5) is 0 Å². The predicted octanol–water partition coefficient (Wildman–Crippen LogP) is 2.70. The average molecular weight is 305 g/mol. The van der Waals surface area contributed by atoms with Crippen molar-refractivity contribution >= 4 is 33.9 Å². The third-order valence-corrected chi connectivity index (χ3v) is 3.48. The fourth-order valence-corrected chi connectivity index (χ4v) is 2.33. The summed E-state index contributed by atoms with van der Waals surface area (Å²) in [7, 11) is 0. The number of hydrogen-bond donors (Lipinski definition) is 1. The maximum Gasteiger partial charge on any atom is 0.182 e. The quantitative estimate of drug-likeness (QED) is 0.867. The number of nitrogens with one attached hydrogen (secondary N) is 1. The van der Waals surface area contributed by atoms with E-state index >= 15 is 0 Å². The van der Waals surface area contributed by atoms with Gasteiger partial charge in [-0.05, 0) is 28.7 Å². The normalized spacial score (nSPS) is 10.6. The van der Waals surface area contributed by atoms with Gasteiger partial charge in [-0.3, -0.25) is 5.10 Å². The first-order valence-electron chi connectivity index (χ1n) is 3.95. The molecular weight excluding hydrogens is 297 g/mol. The molecule has 0 radical (unpaired) electrons. The van der Waals surface area contributed by atoms with Gasteiger partial charge in [0.05, 0.1) is 2.88 Å². The summed E-state index contributed by atoms with van der Waals surface area (Å²) in [5, 5.41) is 9.12. The molecule has 0 atom stereocenters. The van der Waals surface area contributed by atoms with Gasteiger partial charge in [-0.25, -0.2) is 4.98 Å². The van der Waals surface area contributed by atoms with E-state index in [1.54, 1.807) is 11.3 Å². The zero-order valence-electron chi connectivity index (χ0n) is 7.04. The number of H-pyrrole nitrogens is 1. The molecule has 0 bridgehead atoms. The van der Waals surface area contributed by atoms with E-state index in [0.29, 0.717) is 0 Å². The van der Waals surface area contributed by atoms with E-state index in [9.17, 15) is 0 Å². The van der Waals surface area contributed by atoms with Crippen molar-refractivity contribution in [2.75, 3.05) is 0 Å². The first-order chi connectivity index (χ1) is 6.29. The molecule has 13 heavy (non-hydrogen) atoms. The third-order valence-electron chi connectivity index (χ3n) is 1.69. The van der Waals surface area contributed by atoms with Gasteiger partial charge in [0, 0.05) is 17.4 Å². The molecular formula is C8H8IN3S. The fraction of sp³-hybridized carbons (Fsp3) is 0.250. The van der Waals surface area contributed by atoms with E-state index in [2.05, 4.69) is 56.1 Å². The van der Waals surface area contributed by atoms with Crippen molar-refractivity contribution in [2.24, 2.45) is 0 Å². The highest BCUT2D eigenvalue weighted by molar-refractivity contribution is 14.1. The second kappa shape index (κ2) is 3.75. The van der Waals surface area contributed by atoms with Crippen LogP contribution in [0.2, 0.25) is 0 Å². The van der Waals surface area contributed by atoms with Crippen molar-refractivity contribution in [3.63, 3.8) is 0 Å². The number of aryl methyl sites for hydroxylation is 1. The van der Waals surface area contributed by atoms with Crippen LogP contribution in [0, 0.1) is 2.88 Å². The summed E-state index contributed by atoms with van der Waals surface area (Å²) in [6.07, 6.45) is 0.897. The molecule has 0 saturated carbocycles. The summed E-state index contributed by atoms with van der Waals surface area (Å²) < 4.78 is 1.26. The number of aromatic nitrogens is 3. The monoisotopic (exact) mass is 305 g/mol. The van der Waals surface area contributed by atoms with Crippen molar-refractivity contribution in [3.05, 3.63) is 20.2 Å². The maximum atomic E-state index is 4.35. The lowest BCUT2D eigenvalue weighted by Gasteiger charge is -1.84. The number of aromatic amines is 1. The van der Waals surface area contributed by atoms with Crippen LogP contribution in [-0.2, 0) is 6.42 Å². The van der Waals surface area contributed by atoms with E-state index in [1.807, 2.05) is 0 Å². The second-order valence-corrected chi connectivity index (χ2v) is 5.40. The molecule has 2 aromatic heterocycles. The lowest BCUT2D eigenvalue weighted by Crippen LogP contribution is -1.81. The summed E-state index contributed by atoms with van der Waals surface area (Å²) in [5.74, 6) is 1.74. The molecule has 0 fully saturated rings. The topological polar surface area (TPSA) is 41.6 Å². The standard InChI is InChI=1S/C8H8IN3S/c1-2-7-10-8(12-11-7)5-3-6(9)13-4-5/h3-4H,2H2,1H3,(H,10,11,12). The molecule has 0 aromatic carbocycles. The molecule has 1 N–H and O–H groups in total. The first-order valence-corrected chi connectivity index (χ1v) is 5.91. The molecule has 0 amide bonds. The number of thiophene rings is 1. The van der Waals surface area contributed by atoms with E-state index in [0.717, 1.165) is 23.6 Å². The minimum absolute atomic E-state index is 0.802. The Morgan fingerprint density at radius 2 is 2.46 bits per heavy atom. The fourth-order valence-electron chi connectivity index (χ4n) is 1.01. The molecule has 5 heteroatoms. The summed E-state index contributed by atoms with van der Waals surface area (Å²) in [6, 6.07) is 2.09. The van der Waals surface area contributed by atoms with Crippen LogP contribution in [0.3, 0.4) is 0 Å². The molecule has 2 rings (SSSR count). The van der Waals surface area contributed by atoms with Crippen LogP contribution in [0.1, 0.15) is 12.7 Å². The maximum absolute atomic E-state index is 4.35. The van der Waals surface area contributed by atoms with Gasteiger partial charge >= 0.3 is 0 Å². The SMILES string of the molecule is CCc1nc(-c2csc(I)c2)n[nH]1. The highest BCUT2D eigenvalue weighted by Gasteiger charge is 2.05. The van der Waals surface area contributed by atoms with Gasteiger partial charge in [-0.15, -0.1) is 11.3 Å². The Hall–Kier alpha value is -0.430. The van der Waals surface area contributed by atoms with Crippen LogP contribution >= 0.6 is 33.9 Å². The predicted molar refractivity (Wildman–Crippen MR) is 61.8 cm³/mol. The zero-order valence-corrected chi connectivity index (χ0v) is 10.0. The number of hydrogen-bond acceptors (Lipinski definition) is 3. The number of nitrogens with zero attached hydrogens (tertiary/aromatic N) is 2. The zero-order chi connectivity index (χ0) is 9.26. The molecule has 0 aliphatic rings. The van der Waals surface area contributed by atoms with Gasteiger partial charge < -0.3 is 0 Å². The molecule has 0 aliphatic carbocycles. The Morgan fingerprint density at radius 1 is 1.62 bits per heavy atom. The van der Waals surface area contributed by atoms with Crippen molar-refractivity contribution in [2.45, 2.75) is 13.3 Å². The van der Waals surface area contributed by atoms with E-state index in [1.165, 1.54) is 2.88 Å². The largest absolute Gasteiger partial charge is 0.263 e. The van der Waals surface area contributed by atoms with Gasteiger partial charge in [0.15, 0.2) is 5.82 Å². The van der Waals surface area contributed by atoms with Crippen LogP contribution in [0.5, 0.6) is 0 Å². The molecule has 2 heterocycles. The highest BCUT2D eigenvalue weighted by Crippen LogP contribution is 2.23. The molecule has 3 nitrogen and oxygen atoms in total. The van der Waals surface area contributed by atoms with Crippen molar-refractivity contribution in [1.82, 2.24) is 15.2 Å². The Morgan fingerprint density at radius 3 is 3.00 bits per heavy atom. The van der Waals surface area contributed by atoms with Crippen LogP contribution in [0.15, 0.2) is 11.4 Å². The number of halogens is 1. The molecule has 0 aliphatic heterocycles. The van der Waals surface area contributed by atoms with E-state index in [-0.39, 0.29) is 0 Å². The molecule has 68 valence electrons. The van der Waals surface area contributed by atoms with Gasteiger partial charge in [0.1, 0.15) is 5.82 Å². The highest BCUT2D eigenvalue weighted by atomic mass is 127. The van der Waals surface area contributed by atoms with Crippen LogP contribution < -0.4 is 0 Å². The van der Waals surface area contributed by atoms with Gasteiger partial charge in [0.2, 0.25) is 0 Å². The van der Waals surface area contributed by atoms with Crippen LogP contribution in [0.25, 0.3) is 11.4 Å². The molecule has 2 aromatic rings. The summed E-state index contributed by atoms with van der Waals surface area (Å²) in [6.45, 7) is 2.06. The lowest BCUT2D eigenvalue weighted by atomic mass is 10.3. The van der Waals surface area contributed by atoms with Crippen molar-refractivity contribution in [3.8, 4) is 11.4 Å². The Kier molecular flexibility index (Phi) is 2.63. The Labute approximate surface area is 93.7 Å². The van der Waals surface area contributed by atoms with Crippen molar-refractivity contribution in [1.29, 1.82) is 0 Å². The number of rotatable bonds is 2. The van der Waals surface area contributed by atoms with Gasteiger partial charge in [-0.2, -0.15) is 5.10 Å². The summed E-state index contributed by atoms with van der Waals surface area (Å²) in [5.41, 5.74) is 1.10. The van der Waals surface area contributed by atoms with E-state index < -0.39 is 0 Å². The minimum Gasteiger partial charge on any atom is -0.263 e. The third kappa shape index (κ3) is 1.91. The Bertz CT molecular complexity index is 407. The molecule has 0 spiro atoms. The summed E-state index contributed by atoms with van der Waals surface area (Å²) >= 11 is 4.01. The summed E-state index contributed by atoms with van der Waals surface area (Å²) in [4.78, 5) is 4.35. The van der Waals surface area contributed by atoms with Gasteiger partial charge in [0.25, 0.3) is 0 Å². The van der Waals surface area contributed by atoms with E-state index in [4.69, 9.17) is 0 Å².